The van der Waals surface area contributed by atoms with E-state index in [1.807, 2.05) is 18.2 Å². The normalized spacial score (nSPS) is 14.9. The Bertz CT molecular complexity index is 862. The Morgan fingerprint density at radius 1 is 0.889 bits per heavy atom. The van der Waals surface area contributed by atoms with Gasteiger partial charge in [-0.05, 0) is 17.7 Å². The Balaban J connectivity index is 1.41. The Hall–Kier alpha value is -3.19. The number of pyridine rings is 1. The average molecular weight is 361 g/mol. The number of hydrogen-bond donors (Lipinski definition) is 2. The van der Waals surface area contributed by atoms with Gasteiger partial charge in [0.05, 0.1) is 0 Å². The van der Waals surface area contributed by atoms with Crippen LogP contribution in [-0.2, 0) is 6.54 Å². The molecule has 0 spiro atoms. The molecule has 7 heteroatoms. The van der Waals surface area contributed by atoms with Gasteiger partial charge in [-0.3, -0.25) is 4.90 Å². The summed E-state index contributed by atoms with van der Waals surface area (Å²) in [5, 5.41) is 3.17. The van der Waals surface area contributed by atoms with Crippen molar-refractivity contribution in [2.24, 2.45) is 0 Å². The molecule has 3 heterocycles. The molecule has 7 nitrogen and oxygen atoms in total. The van der Waals surface area contributed by atoms with Gasteiger partial charge in [0.1, 0.15) is 17.8 Å². The van der Waals surface area contributed by atoms with E-state index in [4.69, 9.17) is 5.73 Å². The zero-order chi connectivity index (χ0) is 18.5. The van der Waals surface area contributed by atoms with E-state index in [0.717, 1.165) is 38.5 Å². The minimum absolute atomic E-state index is 0.555. The molecule has 1 saturated heterocycles. The first-order valence-electron chi connectivity index (χ1n) is 9.09. The van der Waals surface area contributed by atoms with Crippen LogP contribution in [0.25, 0.3) is 0 Å². The van der Waals surface area contributed by atoms with Crippen LogP contribution >= 0.6 is 0 Å². The Labute approximate surface area is 158 Å². The molecule has 0 amide bonds. The summed E-state index contributed by atoms with van der Waals surface area (Å²) in [4.78, 5) is 17.6. The van der Waals surface area contributed by atoms with Crippen molar-refractivity contribution in [1.82, 2.24) is 19.9 Å². The lowest BCUT2D eigenvalue weighted by molar-refractivity contribution is 0.249. The SMILES string of the molecule is Nc1c(Nc2ccccn2)ncnc1N1CCN(Cc2ccccc2)CC1. The maximum absolute atomic E-state index is 6.35. The van der Waals surface area contributed by atoms with Crippen LogP contribution in [0.1, 0.15) is 5.56 Å². The van der Waals surface area contributed by atoms with Crippen molar-refractivity contribution in [3.63, 3.8) is 0 Å². The van der Waals surface area contributed by atoms with E-state index in [1.54, 1.807) is 12.5 Å². The number of nitrogens with two attached hydrogens (primary N) is 1. The van der Waals surface area contributed by atoms with Gasteiger partial charge in [0.25, 0.3) is 0 Å². The largest absolute Gasteiger partial charge is 0.393 e. The molecule has 0 unspecified atom stereocenters. The lowest BCUT2D eigenvalue weighted by atomic mass is 10.2. The number of aromatic nitrogens is 3. The Morgan fingerprint density at radius 3 is 2.41 bits per heavy atom. The fraction of sp³-hybridized carbons (Fsp3) is 0.250. The topological polar surface area (TPSA) is 83.2 Å². The van der Waals surface area contributed by atoms with E-state index in [-0.39, 0.29) is 0 Å². The van der Waals surface area contributed by atoms with Gasteiger partial charge in [-0.2, -0.15) is 0 Å². The summed E-state index contributed by atoms with van der Waals surface area (Å²) >= 11 is 0. The number of nitrogens with one attached hydrogen (secondary N) is 1. The molecule has 0 bridgehead atoms. The quantitative estimate of drug-likeness (QED) is 0.722. The highest BCUT2D eigenvalue weighted by molar-refractivity contribution is 5.77. The van der Waals surface area contributed by atoms with Crippen LogP contribution in [-0.4, -0.2) is 46.0 Å². The van der Waals surface area contributed by atoms with Gasteiger partial charge in [0, 0.05) is 38.9 Å². The van der Waals surface area contributed by atoms with E-state index >= 15 is 0 Å². The fourth-order valence-electron chi connectivity index (χ4n) is 3.26. The molecule has 1 aliphatic rings. The first-order chi connectivity index (χ1) is 13.3. The minimum Gasteiger partial charge on any atom is -0.393 e. The van der Waals surface area contributed by atoms with Gasteiger partial charge in [-0.1, -0.05) is 36.4 Å². The third-order valence-electron chi connectivity index (χ3n) is 4.70. The van der Waals surface area contributed by atoms with Crippen LogP contribution in [0.5, 0.6) is 0 Å². The number of nitrogens with zero attached hydrogens (tertiary/aromatic N) is 5. The zero-order valence-corrected chi connectivity index (χ0v) is 15.1. The fourth-order valence-corrected chi connectivity index (χ4v) is 3.26. The van der Waals surface area contributed by atoms with Crippen molar-refractivity contribution in [2.45, 2.75) is 6.54 Å². The van der Waals surface area contributed by atoms with Crippen molar-refractivity contribution in [3.05, 3.63) is 66.6 Å². The van der Waals surface area contributed by atoms with E-state index in [0.29, 0.717) is 17.3 Å². The number of hydrogen-bond acceptors (Lipinski definition) is 7. The van der Waals surface area contributed by atoms with E-state index in [9.17, 15) is 0 Å². The van der Waals surface area contributed by atoms with Crippen LogP contribution in [0.4, 0.5) is 23.1 Å². The van der Waals surface area contributed by atoms with Crippen LogP contribution in [0.3, 0.4) is 0 Å². The highest BCUT2D eigenvalue weighted by Gasteiger charge is 2.21. The van der Waals surface area contributed by atoms with Crippen LogP contribution in [0.15, 0.2) is 61.1 Å². The number of rotatable bonds is 5. The Kier molecular flexibility index (Phi) is 5.11. The summed E-state index contributed by atoms with van der Waals surface area (Å²) < 4.78 is 0. The minimum atomic E-state index is 0.555. The molecule has 0 radical (unpaired) electrons. The van der Waals surface area contributed by atoms with Gasteiger partial charge >= 0.3 is 0 Å². The highest BCUT2D eigenvalue weighted by Crippen LogP contribution is 2.28. The second kappa shape index (κ2) is 8.01. The van der Waals surface area contributed by atoms with Crippen molar-refractivity contribution in [1.29, 1.82) is 0 Å². The lowest BCUT2D eigenvalue weighted by Crippen LogP contribution is -2.46. The second-order valence-corrected chi connectivity index (χ2v) is 6.55. The lowest BCUT2D eigenvalue weighted by Gasteiger charge is -2.36. The number of anilines is 4. The first-order valence-corrected chi connectivity index (χ1v) is 9.09. The summed E-state index contributed by atoms with van der Waals surface area (Å²) in [6.45, 7) is 4.69. The molecule has 4 rings (SSSR count). The summed E-state index contributed by atoms with van der Waals surface area (Å²) in [6, 6.07) is 16.2. The summed E-state index contributed by atoms with van der Waals surface area (Å²) in [5.41, 5.74) is 8.25. The van der Waals surface area contributed by atoms with Crippen LogP contribution < -0.4 is 16.0 Å². The van der Waals surface area contributed by atoms with Crippen molar-refractivity contribution >= 4 is 23.1 Å². The second-order valence-electron chi connectivity index (χ2n) is 6.55. The van der Waals surface area contributed by atoms with Gasteiger partial charge in [-0.15, -0.1) is 0 Å². The molecule has 1 fully saturated rings. The molecule has 1 aromatic carbocycles. The Morgan fingerprint density at radius 2 is 1.67 bits per heavy atom. The van der Waals surface area contributed by atoms with Crippen molar-refractivity contribution < 1.29 is 0 Å². The molecular formula is C20H23N7. The maximum atomic E-state index is 6.35. The molecular weight excluding hydrogens is 338 g/mol. The molecule has 138 valence electrons. The third-order valence-corrected chi connectivity index (χ3v) is 4.70. The monoisotopic (exact) mass is 361 g/mol. The molecule has 3 aromatic rings. The molecule has 0 saturated carbocycles. The summed E-state index contributed by atoms with van der Waals surface area (Å²) in [5.74, 6) is 2.08. The summed E-state index contributed by atoms with van der Waals surface area (Å²) in [6.07, 6.45) is 3.28. The van der Waals surface area contributed by atoms with Crippen molar-refractivity contribution in [2.75, 3.05) is 42.1 Å². The smallest absolute Gasteiger partial charge is 0.160 e. The molecule has 1 aliphatic heterocycles. The predicted molar refractivity (Wildman–Crippen MR) is 108 cm³/mol. The third kappa shape index (κ3) is 4.15. The van der Waals surface area contributed by atoms with E-state index < -0.39 is 0 Å². The zero-order valence-electron chi connectivity index (χ0n) is 15.1. The van der Waals surface area contributed by atoms with Crippen LogP contribution in [0.2, 0.25) is 0 Å². The molecule has 27 heavy (non-hydrogen) atoms. The number of piperazine rings is 1. The van der Waals surface area contributed by atoms with Crippen molar-refractivity contribution in [3.8, 4) is 0 Å². The molecule has 0 atom stereocenters. The number of nitrogen functional groups attached to an aromatic ring is 1. The average Bonchev–Trinajstić information content (AvgIpc) is 2.72. The molecule has 3 N–H and O–H groups in total. The standard InChI is InChI=1S/C20H23N7/c21-18-19(25-17-8-4-5-9-22-17)23-15-24-20(18)27-12-10-26(11-13-27)14-16-6-2-1-3-7-16/h1-9,15H,10-14,21H2,(H,22,23,24,25). The predicted octanol–water partition coefficient (Wildman–Crippen LogP) is 2.52. The van der Waals surface area contributed by atoms with Crippen LogP contribution in [0, 0.1) is 0 Å². The van der Waals surface area contributed by atoms with Gasteiger partial charge < -0.3 is 16.0 Å². The van der Waals surface area contributed by atoms with Gasteiger partial charge in [0.15, 0.2) is 11.6 Å². The maximum Gasteiger partial charge on any atom is 0.160 e. The molecule has 2 aromatic heterocycles. The first kappa shape index (κ1) is 17.2. The number of benzene rings is 1. The van der Waals surface area contributed by atoms with E-state index in [1.165, 1.54) is 5.56 Å². The highest BCUT2D eigenvalue weighted by atomic mass is 15.3. The van der Waals surface area contributed by atoms with E-state index in [2.05, 4.69) is 60.4 Å². The van der Waals surface area contributed by atoms with Gasteiger partial charge in [-0.25, -0.2) is 15.0 Å². The molecule has 0 aliphatic carbocycles. The summed E-state index contributed by atoms with van der Waals surface area (Å²) in [7, 11) is 0. The van der Waals surface area contributed by atoms with Gasteiger partial charge in [0.2, 0.25) is 0 Å².